The molecule has 0 saturated carbocycles. The predicted octanol–water partition coefficient (Wildman–Crippen LogP) is 4.37. The Hall–Kier alpha value is -2.86. The average Bonchev–Trinajstić information content (AvgIpc) is 3.10. The van der Waals surface area contributed by atoms with Gasteiger partial charge in [-0.25, -0.2) is 17.6 Å². The van der Waals surface area contributed by atoms with Crippen molar-refractivity contribution in [1.82, 2.24) is 0 Å². The molecule has 1 aliphatic rings. The monoisotopic (exact) mass is 402 g/mol. The first-order valence-electron chi connectivity index (χ1n) is 7.05. The number of phenolic OH excluding ortho intramolecular Hbond substituents is 1. The van der Waals surface area contributed by atoms with E-state index in [1.54, 1.807) is 0 Å². The maximum absolute atomic E-state index is 13.5. The molecule has 1 N–H and O–H groups in total. The summed E-state index contributed by atoms with van der Waals surface area (Å²) in [6.45, 7) is 4.00. The van der Waals surface area contributed by atoms with Gasteiger partial charge in [0.2, 0.25) is 46.5 Å². The zero-order chi connectivity index (χ0) is 20.6. The van der Waals surface area contributed by atoms with Gasteiger partial charge in [-0.2, -0.15) is 17.6 Å². The van der Waals surface area contributed by atoms with Gasteiger partial charge in [-0.05, 0) is 0 Å². The number of rotatable bonds is 2. The third-order valence-corrected chi connectivity index (χ3v) is 3.03. The molecule has 146 valence electrons. The van der Waals surface area contributed by atoms with Gasteiger partial charge in [0.05, 0.1) is 0 Å². The zero-order valence-electron chi connectivity index (χ0n) is 13.3. The lowest BCUT2D eigenvalue weighted by Gasteiger charge is -2.11. The van der Waals surface area contributed by atoms with E-state index in [1.807, 2.05) is 13.8 Å². The third kappa shape index (κ3) is 3.17. The van der Waals surface area contributed by atoms with E-state index in [1.165, 1.54) is 0 Å². The molecular weight excluding hydrogens is 395 g/mol. The van der Waals surface area contributed by atoms with Gasteiger partial charge in [-0.15, -0.1) is 0 Å². The number of aromatic hydroxyl groups is 1. The molecule has 0 spiro atoms. The maximum Gasteiger partial charge on any atom is 0.864 e. The van der Waals surface area contributed by atoms with Crippen molar-refractivity contribution in [2.45, 2.75) is 13.8 Å². The van der Waals surface area contributed by atoms with Crippen LogP contribution in [0.5, 0.6) is 23.0 Å². The number of fused-ring (bicyclic) bond motifs is 1. The molecule has 0 aliphatic carbocycles. The van der Waals surface area contributed by atoms with Crippen LogP contribution < -0.4 is 14.0 Å². The highest BCUT2D eigenvalue weighted by molar-refractivity contribution is 6.41. The smallest absolute Gasteiger partial charge is 0.502 e. The summed E-state index contributed by atoms with van der Waals surface area (Å²) in [5.74, 6) is -23.9. The Kier molecular flexibility index (Phi) is 5.61. The second-order valence-corrected chi connectivity index (χ2v) is 4.49. The van der Waals surface area contributed by atoms with Gasteiger partial charge in [0.1, 0.15) is 0 Å². The fraction of sp³-hybridized carbons (Fsp3) is 0.143. The first-order chi connectivity index (χ1) is 12.6. The molecule has 0 radical (unpaired) electrons. The summed E-state index contributed by atoms with van der Waals surface area (Å²) < 4.78 is 119. The Morgan fingerprint density at radius 3 is 1.44 bits per heavy atom. The van der Waals surface area contributed by atoms with Crippen molar-refractivity contribution in [3.05, 3.63) is 46.5 Å². The van der Waals surface area contributed by atoms with Gasteiger partial charge in [0.15, 0.2) is 23.0 Å². The highest BCUT2D eigenvalue weighted by Gasteiger charge is 2.46. The molecule has 0 bridgehead atoms. The van der Waals surface area contributed by atoms with Crippen molar-refractivity contribution >= 4 is 7.32 Å². The van der Waals surface area contributed by atoms with Crippen molar-refractivity contribution in [3.63, 3.8) is 0 Å². The van der Waals surface area contributed by atoms with Crippen LogP contribution in [0.4, 0.5) is 35.1 Å². The lowest BCUT2D eigenvalue weighted by molar-refractivity contribution is 0.296. The minimum Gasteiger partial charge on any atom is -0.502 e. The largest absolute Gasteiger partial charge is 0.864 e. The normalized spacial score (nSPS) is 12.0. The summed E-state index contributed by atoms with van der Waals surface area (Å²) >= 11 is 0. The third-order valence-electron chi connectivity index (χ3n) is 3.03. The summed E-state index contributed by atoms with van der Waals surface area (Å²) in [6.07, 6.45) is 0. The predicted molar refractivity (Wildman–Crippen MR) is 73.2 cm³/mol. The van der Waals surface area contributed by atoms with Gasteiger partial charge in [-0.3, -0.25) is 0 Å². The molecule has 1 heterocycles. The molecule has 13 heteroatoms. The molecular formula is C14H7BF8O4. The van der Waals surface area contributed by atoms with Crippen LogP contribution in [0.15, 0.2) is 0 Å². The van der Waals surface area contributed by atoms with Crippen molar-refractivity contribution < 1.29 is 54.2 Å². The summed E-state index contributed by atoms with van der Waals surface area (Å²) in [4.78, 5) is 0. The molecule has 0 amide bonds. The van der Waals surface area contributed by atoms with Crippen LogP contribution in [0.1, 0.15) is 13.8 Å². The van der Waals surface area contributed by atoms with Crippen LogP contribution >= 0.6 is 0 Å². The fourth-order valence-electron chi connectivity index (χ4n) is 1.87. The average molecular weight is 402 g/mol. The second-order valence-electron chi connectivity index (χ2n) is 4.49. The summed E-state index contributed by atoms with van der Waals surface area (Å²) in [5.41, 5.74) is 0. The molecule has 0 aromatic heterocycles. The van der Waals surface area contributed by atoms with Gasteiger partial charge >= 0.3 is 7.32 Å². The second kappa shape index (κ2) is 7.41. The summed E-state index contributed by atoms with van der Waals surface area (Å²) in [5, 5.41) is 9.23. The van der Waals surface area contributed by atoms with E-state index in [4.69, 9.17) is 0 Å². The van der Waals surface area contributed by atoms with E-state index >= 15 is 0 Å². The van der Waals surface area contributed by atoms with Crippen LogP contribution in [0.2, 0.25) is 0 Å². The van der Waals surface area contributed by atoms with E-state index in [0.29, 0.717) is 0 Å². The number of benzene rings is 2. The minimum atomic E-state index is -2.41. The number of hydrogen-bond acceptors (Lipinski definition) is 4. The Bertz CT molecular complexity index is 842. The van der Waals surface area contributed by atoms with Gasteiger partial charge in [0, 0.05) is 0 Å². The van der Waals surface area contributed by atoms with Crippen LogP contribution in [0.25, 0.3) is 0 Å². The van der Waals surface area contributed by atoms with E-state index in [2.05, 4.69) is 14.0 Å². The van der Waals surface area contributed by atoms with Gasteiger partial charge < -0.3 is 19.1 Å². The molecule has 0 fully saturated rings. The van der Waals surface area contributed by atoms with Gasteiger partial charge in [0.25, 0.3) is 0 Å². The summed E-state index contributed by atoms with van der Waals surface area (Å²) in [7, 11) is -2.41. The van der Waals surface area contributed by atoms with Crippen LogP contribution in [0, 0.1) is 46.5 Å². The lowest BCUT2D eigenvalue weighted by Crippen LogP contribution is -2.33. The number of phenols is 1. The Morgan fingerprint density at radius 2 is 1.00 bits per heavy atom. The van der Waals surface area contributed by atoms with Crippen molar-refractivity contribution in [2.24, 2.45) is 0 Å². The first kappa shape index (κ1) is 20.5. The number of hydrogen-bond donors (Lipinski definition) is 1. The number of halogens is 8. The minimum absolute atomic E-state index is 1.32. The highest BCUT2D eigenvalue weighted by atomic mass is 19.2. The Morgan fingerprint density at radius 1 is 0.630 bits per heavy atom. The molecule has 4 nitrogen and oxygen atoms in total. The molecule has 2 aromatic carbocycles. The fourth-order valence-corrected chi connectivity index (χ4v) is 1.87. The molecule has 0 atom stereocenters. The molecule has 3 rings (SSSR count). The first-order valence-corrected chi connectivity index (χ1v) is 7.05. The van der Waals surface area contributed by atoms with Crippen LogP contribution in [-0.2, 0) is 0 Å². The van der Waals surface area contributed by atoms with E-state index in [-0.39, 0.29) is 0 Å². The van der Waals surface area contributed by atoms with Crippen molar-refractivity contribution in [1.29, 1.82) is 0 Å². The molecule has 0 saturated heterocycles. The topological polar surface area (TPSA) is 47.9 Å². The zero-order valence-corrected chi connectivity index (χ0v) is 13.3. The maximum atomic E-state index is 13.5. The van der Waals surface area contributed by atoms with Gasteiger partial charge in [-0.1, -0.05) is 13.8 Å². The van der Waals surface area contributed by atoms with Crippen LogP contribution in [-0.4, -0.2) is 12.4 Å². The van der Waals surface area contributed by atoms with Crippen molar-refractivity contribution in [2.75, 3.05) is 0 Å². The molecule has 2 aromatic rings. The van der Waals surface area contributed by atoms with E-state index in [0.717, 1.165) is 0 Å². The van der Waals surface area contributed by atoms with E-state index in [9.17, 15) is 40.2 Å². The quantitative estimate of drug-likeness (QED) is 0.351. The lowest BCUT2D eigenvalue weighted by atomic mass is 10.2. The highest BCUT2D eigenvalue weighted by Crippen LogP contribution is 2.43. The summed E-state index contributed by atoms with van der Waals surface area (Å²) in [6, 6.07) is 0. The molecule has 1 aliphatic heterocycles. The van der Waals surface area contributed by atoms with Crippen LogP contribution in [0.3, 0.4) is 0 Å². The SMILES string of the molecule is CC.Oc1c(F)c(F)c(F)c(F)c1OB1Oc2c(F)c(F)c(F)c(F)c2O1. The molecule has 0 unspecified atom stereocenters. The van der Waals surface area contributed by atoms with Crippen molar-refractivity contribution in [3.8, 4) is 23.0 Å². The standard InChI is InChI=1S/C12HBF8O4.C2H6/c14-1-2(15)6(19)10(9(22)5(1)18)23-13-24-11-7(20)3(16)4(17)8(21)12(11)25-13;1-2/h22H;1-2H3. The Labute approximate surface area is 146 Å². The Balaban J connectivity index is 0.00000126. The van der Waals surface area contributed by atoms with E-state index < -0.39 is 76.9 Å². The molecule has 27 heavy (non-hydrogen) atoms.